The van der Waals surface area contributed by atoms with E-state index >= 15 is 0 Å². The minimum absolute atomic E-state index is 0.144. The van der Waals surface area contributed by atoms with Gasteiger partial charge >= 0.3 is 0 Å². The van der Waals surface area contributed by atoms with E-state index in [1.165, 1.54) is 0 Å². The molecule has 20 heavy (non-hydrogen) atoms. The van der Waals surface area contributed by atoms with Crippen molar-refractivity contribution in [2.45, 2.75) is 25.8 Å². The number of hydrogen-bond donors (Lipinski definition) is 2. The summed E-state index contributed by atoms with van der Waals surface area (Å²) in [6.45, 7) is 2.68. The number of rotatable bonds is 3. The molecule has 1 amide bonds. The Morgan fingerprint density at radius 1 is 1.55 bits per heavy atom. The molecule has 1 saturated heterocycles. The number of nitrogens with one attached hydrogen (secondary N) is 2. The van der Waals surface area contributed by atoms with Crippen LogP contribution in [0.15, 0.2) is 18.2 Å². The zero-order chi connectivity index (χ0) is 14.7. The first-order valence-electron chi connectivity index (χ1n) is 6.47. The van der Waals surface area contributed by atoms with Gasteiger partial charge in [-0.25, -0.2) is 4.39 Å². The third-order valence-electron chi connectivity index (χ3n) is 3.47. The van der Waals surface area contributed by atoms with Gasteiger partial charge in [-0.15, -0.1) is 0 Å². The summed E-state index contributed by atoms with van der Waals surface area (Å²) in [7, 11) is 0. The summed E-state index contributed by atoms with van der Waals surface area (Å²) in [6, 6.07) is 2.67. The second-order valence-electron chi connectivity index (χ2n) is 4.96. The van der Waals surface area contributed by atoms with Crippen LogP contribution in [0.5, 0.6) is 0 Å². The molecule has 2 N–H and O–H groups in total. The van der Waals surface area contributed by atoms with Crippen molar-refractivity contribution in [1.82, 2.24) is 5.32 Å². The topological polar surface area (TPSA) is 84.3 Å². The maximum Gasteiger partial charge on any atom is 0.271 e. The van der Waals surface area contributed by atoms with Gasteiger partial charge in [-0.3, -0.25) is 14.9 Å². The molecule has 2 atom stereocenters. The van der Waals surface area contributed by atoms with Crippen molar-refractivity contribution in [2.75, 3.05) is 11.9 Å². The van der Waals surface area contributed by atoms with Crippen LogP contribution in [0.25, 0.3) is 0 Å². The molecule has 2 unspecified atom stereocenters. The number of non-ortho nitro benzene ring substituents is 1. The van der Waals surface area contributed by atoms with E-state index in [4.69, 9.17) is 0 Å². The third kappa shape index (κ3) is 3.11. The smallest absolute Gasteiger partial charge is 0.271 e. The largest absolute Gasteiger partial charge is 0.322 e. The predicted octanol–water partition coefficient (Wildman–Crippen LogP) is 2.06. The second-order valence-corrected chi connectivity index (χ2v) is 4.96. The molecule has 2 rings (SSSR count). The Morgan fingerprint density at radius 2 is 2.30 bits per heavy atom. The summed E-state index contributed by atoms with van der Waals surface area (Å²) in [5, 5.41) is 16.2. The van der Waals surface area contributed by atoms with E-state index in [1.807, 2.05) is 6.92 Å². The number of amides is 1. The lowest BCUT2D eigenvalue weighted by Crippen LogP contribution is -2.48. The van der Waals surface area contributed by atoms with Crippen LogP contribution in [-0.4, -0.2) is 23.4 Å². The molecule has 1 fully saturated rings. The maximum atomic E-state index is 13.6. The summed E-state index contributed by atoms with van der Waals surface area (Å²) in [5.41, 5.74) is -0.421. The Bertz CT molecular complexity index is 536. The highest BCUT2D eigenvalue weighted by Gasteiger charge is 2.28. The van der Waals surface area contributed by atoms with Crippen LogP contribution in [0.4, 0.5) is 15.8 Å². The van der Waals surface area contributed by atoms with Gasteiger partial charge in [0, 0.05) is 12.1 Å². The van der Waals surface area contributed by atoms with Crippen molar-refractivity contribution in [1.29, 1.82) is 0 Å². The van der Waals surface area contributed by atoms with Crippen LogP contribution in [0.3, 0.4) is 0 Å². The Morgan fingerprint density at radius 3 is 2.95 bits per heavy atom. The number of anilines is 1. The summed E-state index contributed by atoms with van der Waals surface area (Å²) in [6.07, 6.45) is 1.92. The van der Waals surface area contributed by atoms with Crippen LogP contribution in [0.2, 0.25) is 0 Å². The molecular weight excluding hydrogens is 265 g/mol. The number of nitrogens with zero attached hydrogens (tertiary/aromatic N) is 1. The van der Waals surface area contributed by atoms with Crippen LogP contribution in [0, 0.1) is 21.8 Å². The summed E-state index contributed by atoms with van der Waals surface area (Å²) in [5.74, 6) is -0.908. The number of carbonyl (C=O) groups is 1. The Kier molecular flexibility index (Phi) is 4.29. The van der Waals surface area contributed by atoms with Crippen molar-refractivity contribution >= 4 is 17.3 Å². The minimum Gasteiger partial charge on any atom is -0.322 e. The molecule has 0 saturated carbocycles. The average Bonchev–Trinajstić information content (AvgIpc) is 2.41. The van der Waals surface area contributed by atoms with E-state index in [-0.39, 0.29) is 23.2 Å². The molecule has 1 aromatic rings. The molecule has 1 aliphatic rings. The van der Waals surface area contributed by atoms with Crippen molar-refractivity contribution in [3.05, 3.63) is 34.1 Å². The van der Waals surface area contributed by atoms with Crippen molar-refractivity contribution < 1.29 is 14.1 Å². The number of piperidine rings is 1. The first kappa shape index (κ1) is 14.4. The standard InChI is InChI=1S/C13H16FN3O3/c1-8-3-2-6-15-12(8)13(18)16-11-7-9(17(19)20)4-5-10(11)14/h4-5,7-8,12,15H,2-3,6H2,1H3,(H,16,18). The van der Waals surface area contributed by atoms with Crippen LogP contribution >= 0.6 is 0 Å². The van der Waals surface area contributed by atoms with Crippen molar-refractivity contribution in [3.63, 3.8) is 0 Å². The van der Waals surface area contributed by atoms with Gasteiger partial charge < -0.3 is 10.6 Å². The number of halogens is 1. The quantitative estimate of drug-likeness (QED) is 0.656. The van der Waals surface area contributed by atoms with Gasteiger partial charge in [0.1, 0.15) is 5.82 Å². The summed E-state index contributed by atoms with van der Waals surface area (Å²) in [4.78, 5) is 22.1. The second kappa shape index (κ2) is 5.96. The SMILES string of the molecule is CC1CCCNC1C(=O)Nc1cc([N+](=O)[O-])ccc1F. The number of benzene rings is 1. The molecule has 1 heterocycles. The van der Waals surface area contributed by atoms with Crippen LogP contribution < -0.4 is 10.6 Å². The highest BCUT2D eigenvalue weighted by molar-refractivity contribution is 5.95. The molecule has 0 spiro atoms. The monoisotopic (exact) mass is 281 g/mol. The fourth-order valence-electron chi connectivity index (χ4n) is 2.33. The van der Waals surface area contributed by atoms with Crippen molar-refractivity contribution in [2.24, 2.45) is 5.92 Å². The number of nitro groups is 1. The van der Waals surface area contributed by atoms with E-state index in [1.54, 1.807) is 0 Å². The van der Waals surface area contributed by atoms with Gasteiger partial charge in [0.05, 0.1) is 16.7 Å². The predicted molar refractivity (Wildman–Crippen MR) is 71.9 cm³/mol. The van der Waals surface area contributed by atoms with Crippen molar-refractivity contribution in [3.8, 4) is 0 Å². The lowest BCUT2D eigenvalue weighted by atomic mass is 9.92. The molecule has 7 heteroatoms. The number of carbonyl (C=O) groups excluding carboxylic acids is 1. The third-order valence-corrected chi connectivity index (χ3v) is 3.47. The fraction of sp³-hybridized carbons (Fsp3) is 0.462. The molecule has 0 aromatic heterocycles. The van der Waals surface area contributed by atoms with Gasteiger partial charge in [-0.2, -0.15) is 0 Å². The zero-order valence-electron chi connectivity index (χ0n) is 11.1. The van der Waals surface area contributed by atoms with Gasteiger partial charge in [0.25, 0.3) is 5.69 Å². The summed E-state index contributed by atoms with van der Waals surface area (Å²) < 4.78 is 13.6. The normalized spacial score (nSPS) is 22.3. The van der Waals surface area contributed by atoms with Crippen LogP contribution in [-0.2, 0) is 4.79 Å². The van der Waals surface area contributed by atoms with E-state index in [0.717, 1.165) is 37.6 Å². The lowest BCUT2D eigenvalue weighted by Gasteiger charge is -2.28. The fourth-order valence-corrected chi connectivity index (χ4v) is 2.33. The highest BCUT2D eigenvalue weighted by atomic mass is 19.1. The van der Waals surface area contributed by atoms with E-state index in [2.05, 4.69) is 10.6 Å². The zero-order valence-corrected chi connectivity index (χ0v) is 11.1. The molecule has 108 valence electrons. The first-order valence-corrected chi connectivity index (χ1v) is 6.47. The summed E-state index contributed by atoms with van der Waals surface area (Å²) >= 11 is 0. The maximum absolute atomic E-state index is 13.6. The average molecular weight is 281 g/mol. The highest BCUT2D eigenvalue weighted by Crippen LogP contribution is 2.23. The molecule has 6 nitrogen and oxygen atoms in total. The number of hydrogen-bond acceptors (Lipinski definition) is 4. The molecule has 0 bridgehead atoms. The molecular formula is C13H16FN3O3. The minimum atomic E-state index is -0.688. The molecule has 1 aromatic carbocycles. The van der Waals surface area contributed by atoms with Gasteiger partial charge in [0.15, 0.2) is 0 Å². The Hall–Kier alpha value is -2.02. The van der Waals surface area contributed by atoms with Gasteiger partial charge in [-0.1, -0.05) is 6.92 Å². The first-order chi connectivity index (χ1) is 9.49. The van der Waals surface area contributed by atoms with E-state index in [9.17, 15) is 19.3 Å². The molecule has 0 radical (unpaired) electrons. The molecule has 1 aliphatic heterocycles. The van der Waals surface area contributed by atoms with E-state index in [0.29, 0.717) is 0 Å². The van der Waals surface area contributed by atoms with Gasteiger partial charge in [-0.05, 0) is 31.4 Å². The van der Waals surface area contributed by atoms with Crippen LogP contribution in [0.1, 0.15) is 19.8 Å². The molecule has 0 aliphatic carbocycles. The van der Waals surface area contributed by atoms with Gasteiger partial charge in [0.2, 0.25) is 5.91 Å². The Balaban J connectivity index is 2.14. The number of nitro benzene ring substituents is 1. The lowest BCUT2D eigenvalue weighted by molar-refractivity contribution is -0.384. The van der Waals surface area contributed by atoms with E-state index < -0.39 is 16.8 Å². The Labute approximate surface area is 115 Å².